The molecule has 0 atom stereocenters. The highest BCUT2D eigenvalue weighted by Gasteiger charge is 2.12. The number of nitrogens with one attached hydrogen (secondary N) is 2. The van der Waals surface area contributed by atoms with Crippen molar-refractivity contribution in [2.45, 2.75) is 19.3 Å². The van der Waals surface area contributed by atoms with Gasteiger partial charge in [-0.15, -0.1) is 0 Å². The Morgan fingerprint density at radius 1 is 1.45 bits per heavy atom. The molecular formula is C13H21N4O2S+. The molecule has 0 unspecified atom stereocenters. The van der Waals surface area contributed by atoms with Crippen molar-refractivity contribution in [3.05, 3.63) is 20.7 Å². The van der Waals surface area contributed by atoms with E-state index in [2.05, 4.69) is 9.98 Å². The summed E-state index contributed by atoms with van der Waals surface area (Å²) in [6.07, 6.45) is 5.34. The van der Waals surface area contributed by atoms with Gasteiger partial charge in [-0.2, -0.15) is 0 Å². The number of rotatable bonds is 4. The number of hydrogen-bond donors (Lipinski definition) is 3. The summed E-state index contributed by atoms with van der Waals surface area (Å²) >= 11 is 4.91. The zero-order chi connectivity index (χ0) is 14.5. The smallest absolute Gasteiger partial charge is 0.264 e. The van der Waals surface area contributed by atoms with E-state index in [1.165, 1.54) is 43.1 Å². The predicted molar refractivity (Wildman–Crippen MR) is 80.4 cm³/mol. The molecule has 0 aromatic carbocycles. The molecule has 1 aromatic rings. The average Bonchev–Trinajstić information content (AvgIpc) is 2.45. The highest BCUT2D eigenvalue weighted by atomic mass is 32.1. The molecule has 1 aliphatic heterocycles. The molecule has 3 N–H and O–H groups in total. The van der Waals surface area contributed by atoms with Crippen LogP contribution in [0.2, 0.25) is 0 Å². The summed E-state index contributed by atoms with van der Waals surface area (Å²) in [5, 5.41) is 9.89. The first-order valence-corrected chi connectivity index (χ1v) is 7.36. The van der Waals surface area contributed by atoms with E-state index >= 15 is 0 Å². The van der Waals surface area contributed by atoms with Gasteiger partial charge in [0.1, 0.15) is 5.56 Å². The standard InChI is InChI=1S/C13H20N4O2S/c1-16-12(19)10(11(18)15-13(16)20)9-14-5-8-17-6-3-2-4-7-17/h9,19H,2-8H2,1H3,(H,15,18,20)/p+1. The predicted octanol–water partition coefficient (Wildman–Crippen LogP) is -0.364. The van der Waals surface area contributed by atoms with Crippen LogP contribution in [0.25, 0.3) is 0 Å². The summed E-state index contributed by atoms with van der Waals surface area (Å²) in [6.45, 7) is 4.05. The van der Waals surface area contributed by atoms with Crippen LogP contribution < -0.4 is 10.5 Å². The van der Waals surface area contributed by atoms with Crippen molar-refractivity contribution < 1.29 is 10.0 Å². The maximum Gasteiger partial charge on any atom is 0.264 e. The fourth-order valence-electron chi connectivity index (χ4n) is 2.42. The molecule has 110 valence electrons. The van der Waals surface area contributed by atoms with E-state index < -0.39 is 5.56 Å². The molecular weight excluding hydrogens is 276 g/mol. The summed E-state index contributed by atoms with van der Waals surface area (Å²) in [4.78, 5) is 20.0. The number of aromatic amines is 1. The first-order chi connectivity index (χ1) is 9.59. The molecule has 1 saturated heterocycles. The minimum atomic E-state index is -0.403. The largest absolute Gasteiger partial charge is 0.494 e. The second-order valence-electron chi connectivity index (χ2n) is 5.15. The molecule has 1 fully saturated rings. The maximum atomic E-state index is 11.7. The number of quaternary nitrogens is 1. The van der Waals surface area contributed by atoms with Gasteiger partial charge in [0.2, 0.25) is 5.88 Å². The Morgan fingerprint density at radius 2 is 2.15 bits per heavy atom. The van der Waals surface area contributed by atoms with Crippen molar-refractivity contribution in [3.63, 3.8) is 0 Å². The molecule has 1 aliphatic rings. The molecule has 6 nitrogen and oxygen atoms in total. The van der Waals surface area contributed by atoms with E-state index in [9.17, 15) is 9.90 Å². The average molecular weight is 297 g/mol. The summed E-state index contributed by atoms with van der Waals surface area (Å²) in [7, 11) is 1.60. The van der Waals surface area contributed by atoms with Crippen LogP contribution in [-0.4, -0.2) is 47.1 Å². The third kappa shape index (κ3) is 3.55. The Kier molecular flexibility index (Phi) is 5.08. The maximum absolute atomic E-state index is 11.7. The molecule has 7 heteroatoms. The number of piperidine rings is 1. The second kappa shape index (κ2) is 6.81. The van der Waals surface area contributed by atoms with Crippen LogP contribution in [0, 0.1) is 4.77 Å². The lowest BCUT2D eigenvalue weighted by Crippen LogP contribution is -3.13. The van der Waals surface area contributed by atoms with Crippen LogP contribution in [0.5, 0.6) is 5.88 Å². The number of aromatic nitrogens is 2. The Hall–Kier alpha value is -1.47. The van der Waals surface area contributed by atoms with E-state index in [4.69, 9.17) is 12.2 Å². The van der Waals surface area contributed by atoms with E-state index in [1.54, 1.807) is 11.9 Å². The van der Waals surface area contributed by atoms with E-state index in [0.717, 1.165) is 6.54 Å². The van der Waals surface area contributed by atoms with Gasteiger partial charge < -0.3 is 10.0 Å². The number of hydrogen-bond acceptors (Lipinski definition) is 4. The number of H-pyrrole nitrogens is 1. The number of nitrogens with zero attached hydrogens (tertiary/aromatic N) is 2. The van der Waals surface area contributed by atoms with Crippen LogP contribution in [-0.2, 0) is 7.05 Å². The lowest BCUT2D eigenvalue weighted by atomic mass is 10.1. The first kappa shape index (κ1) is 14.9. The van der Waals surface area contributed by atoms with Crippen molar-refractivity contribution in [1.29, 1.82) is 0 Å². The topological polar surface area (TPSA) is 74.8 Å². The van der Waals surface area contributed by atoms with Crippen molar-refractivity contribution >= 4 is 18.4 Å². The minimum absolute atomic E-state index is 0.146. The molecule has 0 radical (unpaired) electrons. The number of likely N-dealkylation sites (tertiary alicyclic amines) is 1. The highest BCUT2D eigenvalue weighted by Crippen LogP contribution is 2.08. The number of aromatic hydroxyl groups is 1. The molecule has 20 heavy (non-hydrogen) atoms. The number of aliphatic imine (C=N–C) groups is 1. The molecule has 0 aliphatic carbocycles. The summed E-state index contributed by atoms with van der Waals surface area (Å²) < 4.78 is 1.55. The van der Waals surface area contributed by atoms with Gasteiger partial charge in [0.25, 0.3) is 5.56 Å². The first-order valence-electron chi connectivity index (χ1n) is 6.95. The van der Waals surface area contributed by atoms with Gasteiger partial charge in [0, 0.05) is 13.3 Å². The van der Waals surface area contributed by atoms with Crippen LogP contribution in [0.15, 0.2) is 9.79 Å². The Labute approximate surface area is 122 Å². The normalized spacial score (nSPS) is 16.9. The Bertz CT molecular complexity index is 599. The summed E-state index contributed by atoms with van der Waals surface area (Å²) in [5.41, 5.74) is -0.241. The molecule has 0 spiro atoms. The summed E-state index contributed by atoms with van der Waals surface area (Å²) in [5.74, 6) is -0.146. The Balaban J connectivity index is 1.99. The zero-order valence-corrected chi connectivity index (χ0v) is 12.5. The minimum Gasteiger partial charge on any atom is -0.494 e. The van der Waals surface area contributed by atoms with Gasteiger partial charge >= 0.3 is 0 Å². The van der Waals surface area contributed by atoms with Gasteiger partial charge in [0.15, 0.2) is 4.77 Å². The fourth-order valence-corrected chi connectivity index (χ4v) is 2.60. The third-order valence-electron chi connectivity index (χ3n) is 3.70. The van der Waals surface area contributed by atoms with Crippen LogP contribution in [0.1, 0.15) is 24.8 Å². The highest BCUT2D eigenvalue weighted by molar-refractivity contribution is 7.71. The van der Waals surface area contributed by atoms with E-state index in [0.29, 0.717) is 6.54 Å². The lowest BCUT2D eigenvalue weighted by molar-refractivity contribution is -0.903. The second-order valence-corrected chi connectivity index (χ2v) is 5.54. The zero-order valence-electron chi connectivity index (χ0n) is 11.7. The third-order valence-corrected chi connectivity index (χ3v) is 4.08. The molecule has 0 bridgehead atoms. The van der Waals surface area contributed by atoms with Gasteiger partial charge in [-0.25, -0.2) is 0 Å². The lowest BCUT2D eigenvalue weighted by Gasteiger charge is -2.22. The fraction of sp³-hybridized carbons (Fsp3) is 0.615. The SMILES string of the molecule is Cn1c(O)c(C=NCC[NH+]2CCCCC2)c(=O)[nH]c1=S. The van der Waals surface area contributed by atoms with Crippen molar-refractivity contribution in [1.82, 2.24) is 9.55 Å². The monoisotopic (exact) mass is 297 g/mol. The molecule has 1 aromatic heterocycles. The van der Waals surface area contributed by atoms with Crippen LogP contribution in [0.3, 0.4) is 0 Å². The van der Waals surface area contributed by atoms with Gasteiger partial charge in [-0.3, -0.25) is 19.3 Å². The van der Waals surface area contributed by atoms with E-state index in [1.807, 2.05) is 0 Å². The quantitative estimate of drug-likeness (QED) is 0.525. The van der Waals surface area contributed by atoms with Crippen molar-refractivity contribution in [2.75, 3.05) is 26.2 Å². The van der Waals surface area contributed by atoms with Crippen LogP contribution in [0.4, 0.5) is 0 Å². The van der Waals surface area contributed by atoms with E-state index in [-0.39, 0.29) is 16.2 Å². The van der Waals surface area contributed by atoms with Crippen molar-refractivity contribution in [3.8, 4) is 5.88 Å². The molecule has 0 amide bonds. The van der Waals surface area contributed by atoms with Gasteiger partial charge in [0.05, 0.1) is 26.2 Å². The van der Waals surface area contributed by atoms with Crippen LogP contribution >= 0.6 is 12.2 Å². The summed E-state index contributed by atoms with van der Waals surface area (Å²) in [6, 6.07) is 0. The van der Waals surface area contributed by atoms with Gasteiger partial charge in [-0.1, -0.05) is 0 Å². The Morgan fingerprint density at radius 3 is 2.85 bits per heavy atom. The molecule has 0 saturated carbocycles. The molecule has 2 rings (SSSR count). The van der Waals surface area contributed by atoms with Gasteiger partial charge in [-0.05, 0) is 31.5 Å². The molecule has 2 heterocycles. The van der Waals surface area contributed by atoms with Crippen molar-refractivity contribution in [2.24, 2.45) is 12.0 Å².